The largest absolute Gasteiger partial charge is 0.282 e. The van der Waals surface area contributed by atoms with Crippen molar-refractivity contribution in [3.8, 4) is 6.07 Å². The molecule has 0 N–H and O–H groups in total. The van der Waals surface area contributed by atoms with Crippen LogP contribution >= 0.6 is 23.2 Å². The summed E-state index contributed by atoms with van der Waals surface area (Å²) in [6.07, 6.45) is 2.99. The van der Waals surface area contributed by atoms with Crippen molar-refractivity contribution in [2.45, 2.75) is 25.7 Å². The van der Waals surface area contributed by atoms with Crippen molar-refractivity contribution in [2.75, 3.05) is 18.1 Å². The lowest BCUT2D eigenvalue weighted by atomic mass is 10.0. The molecule has 4 rings (SSSR count). The Balaban J connectivity index is 1.59. The normalized spacial score (nSPS) is 14.0. The lowest BCUT2D eigenvalue weighted by Gasteiger charge is -2.41. The van der Waals surface area contributed by atoms with E-state index in [1.807, 2.05) is 53.5 Å². The van der Waals surface area contributed by atoms with E-state index in [1.54, 1.807) is 6.07 Å². The van der Waals surface area contributed by atoms with Crippen LogP contribution in [0.1, 0.15) is 30.4 Å². The number of benzene rings is 3. The van der Waals surface area contributed by atoms with Gasteiger partial charge in [-0.2, -0.15) is 5.26 Å². The highest BCUT2D eigenvalue weighted by Gasteiger charge is 2.26. The van der Waals surface area contributed by atoms with Gasteiger partial charge in [-0.25, -0.2) is 0 Å². The van der Waals surface area contributed by atoms with Crippen LogP contribution in [0.3, 0.4) is 0 Å². The van der Waals surface area contributed by atoms with E-state index in [9.17, 15) is 10.1 Å². The minimum atomic E-state index is 0.0780. The summed E-state index contributed by atoms with van der Waals surface area (Å²) in [5.74, 6) is 0.0780. The zero-order chi connectivity index (χ0) is 21.1. The molecule has 3 aromatic rings. The molecule has 0 spiro atoms. The van der Waals surface area contributed by atoms with Crippen molar-refractivity contribution in [2.24, 2.45) is 0 Å². The number of carbonyl (C=O) groups is 1. The van der Waals surface area contributed by atoms with E-state index >= 15 is 0 Å². The van der Waals surface area contributed by atoms with Crippen LogP contribution in [0.2, 0.25) is 10.0 Å². The van der Waals surface area contributed by atoms with Crippen LogP contribution in [0.25, 0.3) is 10.8 Å². The Kier molecular flexibility index (Phi) is 6.13. The third-order valence-corrected chi connectivity index (χ3v) is 6.22. The second-order valence-corrected chi connectivity index (χ2v) is 8.20. The predicted molar refractivity (Wildman–Crippen MR) is 122 cm³/mol. The summed E-state index contributed by atoms with van der Waals surface area (Å²) in [5.41, 5.74) is 2.60. The van der Waals surface area contributed by atoms with Crippen LogP contribution in [0.15, 0.2) is 54.6 Å². The Labute approximate surface area is 186 Å². The van der Waals surface area contributed by atoms with Gasteiger partial charge in [0.2, 0.25) is 5.91 Å². The lowest BCUT2D eigenvalue weighted by Crippen LogP contribution is -2.50. The van der Waals surface area contributed by atoms with Gasteiger partial charge in [0.1, 0.15) is 0 Å². The van der Waals surface area contributed by atoms with E-state index in [0.29, 0.717) is 35.0 Å². The Morgan fingerprint density at radius 2 is 1.73 bits per heavy atom. The van der Waals surface area contributed by atoms with Crippen molar-refractivity contribution in [1.82, 2.24) is 5.01 Å². The molecule has 1 aliphatic heterocycles. The molecule has 0 aromatic heterocycles. The van der Waals surface area contributed by atoms with E-state index in [2.05, 4.69) is 11.1 Å². The van der Waals surface area contributed by atoms with E-state index in [4.69, 9.17) is 23.2 Å². The molecule has 1 saturated heterocycles. The zero-order valence-electron chi connectivity index (χ0n) is 16.4. The second-order valence-electron chi connectivity index (χ2n) is 7.39. The first kappa shape index (κ1) is 20.5. The highest BCUT2D eigenvalue weighted by atomic mass is 35.5. The third kappa shape index (κ3) is 4.09. The number of halogens is 2. The van der Waals surface area contributed by atoms with Crippen molar-refractivity contribution in [1.29, 1.82) is 5.26 Å². The van der Waals surface area contributed by atoms with Crippen molar-refractivity contribution in [3.63, 3.8) is 0 Å². The topological polar surface area (TPSA) is 47.3 Å². The number of carbonyl (C=O) groups excluding carboxylic acids is 1. The monoisotopic (exact) mass is 437 g/mol. The number of aryl methyl sites for hydroxylation is 1. The molecule has 3 aromatic carbocycles. The number of nitriles is 1. The molecular formula is C24H21Cl2N3O. The molecule has 1 heterocycles. The summed E-state index contributed by atoms with van der Waals surface area (Å²) < 4.78 is 0. The molecule has 0 aliphatic carbocycles. The minimum Gasteiger partial charge on any atom is -0.282 e. The number of rotatable bonds is 4. The van der Waals surface area contributed by atoms with Gasteiger partial charge < -0.3 is 0 Å². The molecule has 1 aliphatic rings. The Morgan fingerprint density at radius 1 is 0.967 bits per heavy atom. The molecule has 152 valence electrons. The number of amides is 1. The number of anilines is 1. The Morgan fingerprint density at radius 3 is 2.50 bits per heavy atom. The zero-order valence-corrected chi connectivity index (χ0v) is 18.0. The molecule has 1 amide bonds. The van der Waals surface area contributed by atoms with Gasteiger partial charge in [-0.3, -0.25) is 14.8 Å². The molecule has 0 saturated carbocycles. The summed E-state index contributed by atoms with van der Waals surface area (Å²) >= 11 is 12.1. The fourth-order valence-corrected chi connectivity index (χ4v) is 4.28. The average molecular weight is 438 g/mol. The molecule has 1 fully saturated rings. The lowest BCUT2D eigenvalue weighted by molar-refractivity contribution is -0.132. The van der Waals surface area contributed by atoms with Gasteiger partial charge in [-0.05, 0) is 49.1 Å². The van der Waals surface area contributed by atoms with E-state index in [0.717, 1.165) is 41.4 Å². The maximum absolute atomic E-state index is 13.1. The molecule has 0 bridgehead atoms. The predicted octanol–water partition coefficient (Wildman–Crippen LogP) is 5.99. The molecule has 0 unspecified atom stereocenters. The number of hydrogen-bond donors (Lipinski definition) is 0. The molecule has 0 radical (unpaired) electrons. The third-order valence-electron chi connectivity index (χ3n) is 5.48. The molecule has 30 heavy (non-hydrogen) atoms. The van der Waals surface area contributed by atoms with Crippen molar-refractivity contribution in [3.05, 3.63) is 75.8 Å². The first-order valence-corrected chi connectivity index (χ1v) is 10.8. The highest BCUT2D eigenvalue weighted by Crippen LogP contribution is 2.32. The van der Waals surface area contributed by atoms with Gasteiger partial charge in [-0.15, -0.1) is 0 Å². The van der Waals surface area contributed by atoms with Gasteiger partial charge in [0.15, 0.2) is 0 Å². The first-order valence-electron chi connectivity index (χ1n) is 10.0. The van der Waals surface area contributed by atoms with Gasteiger partial charge in [0, 0.05) is 30.3 Å². The summed E-state index contributed by atoms with van der Waals surface area (Å²) in [4.78, 5) is 13.1. The summed E-state index contributed by atoms with van der Waals surface area (Å²) in [7, 11) is 0. The standard InChI is InChI=1S/C24H21Cl2N3O/c25-21-10-7-17(15-22(21)26)8-12-24(30)29-14-4-3-13-28(29)23-11-9-18(16-27)19-5-1-2-6-20(19)23/h1-2,5-7,9-11,15H,3-4,8,12-14H2. The summed E-state index contributed by atoms with van der Waals surface area (Å²) in [6.45, 7) is 1.46. The van der Waals surface area contributed by atoms with Gasteiger partial charge in [-0.1, -0.05) is 53.5 Å². The molecular weight excluding hydrogens is 417 g/mol. The van der Waals surface area contributed by atoms with E-state index in [-0.39, 0.29) is 5.91 Å². The SMILES string of the molecule is N#Cc1ccc(N2CCCCN2C(=O)CCc2ccc(Cl)c(Cl)c2)c2ccccc12. The van der Waals surface area contributed by atoms with Crippen molar-refractivity contribution < 1.29 is 4.79 Å². The summed E-state index contributed by atoms with van der Waals surface area (Å²) in [5, 5.41) is 16.3. The number of fused-ring (bicyclic) bond motifs is 1. The minimum absolute atomic E-state index is 0.0780. The number of nitrogens with zero attached hydrogens (tertiary/aromatic N) is 3. The van der Waals surface area contributed by atoms with Crippen LogP contribution in [0.4, 0.5) is 5.69 Å². The maximum atomic E-state index is 13.1. The first-order chi connectivity index (χ1) is 14.6. The van der Waals surface area contributed by atoms with Crippen LogP contribution in [-0.2, 0) is 11.2 Å². The second kappa shape index (κ2) is 8.95. The molecule has 6 heteroatoms. The van der Waals surface area contributed by atoms with Crippen molar-refractivity contribution >= 4 is 45.6 Å². The van der Waals surface area contributed by atoms with Gasteiger partial charge in [0.05, 0.1) is 27.4 Å². The van der Waals surface area contributed by atoms with Gasteiger partial charge in [0.25, 0.3) is 0 Å². The van der Waals surface area contributed by atoms with Crippen LogP contribution in [-0.4, -0.2) is 24.0 Å². The van der Waals surface area contributed by atoms with Crippen LogP contribution < -0.4 is 5.01 Å². The smallest absolute Gasteiger partial charge is 0.241 e. The number of hydrazine groups is 1. The van der Waals surface area contributed by atoms with Crippen LogP contribution in [0, 0.1) is 11.3 Å². The Hall–Kier alpha value is -2.74. The van der Waals surface area contributed by atoms with E-state index in [1.165, 1.54) is 0 Å². The van der Waals surface area contributed by atoms with Gasteiger partial charge >= 0.3 is 0 Å². The summed E-state index contributed by atoms with van der Waals surface area (Å²) in [6, 6.07) is 19.4. The fraction of sp³-hybridized carbons (Fsp3) is 0.250. The number of hydrogen-bond acceptors (Lipinski definition) is 3. The Bertz CT molecular complexity index is 1140. The quantitative estimate of drug-likeness (QED) is 0.502. The highest BCUT2D eigenvalue weighted by molar-refractivity contribution is 6.42. The fourth-order valence-electron chi connectivity index (χ4n) is 3.96. The molecule has 4 nitrogen and oxygen atoms in total. The molecule has 0 atom stereocenters. The maximum Gasteiger partial charge on any atom is 0.241 e. The van der Waals surface area contributed by atoms with E-state index < -0.39 is 0 Å². The van der Waals surface area contributed by atoms with Crippen LogP contribution in [0.5, 0.6) is 0 Å². The average Bonchev–Trinajstić information content (AvgIpc) is 2.79.